The molecule has 0 aliphatic carbocycles. The lowest BCUT2D eigenvalue weighted by Gasteiger charge is -2.34. The number of hydrazine groups is 1. The third kappa shape index (κ3) is 6.09. The first-order valence-electron chi connectivity index (χ1n) is 17.0. The maximum absolute atomic E-state index is 12.0. The molecule has 7 rings (SSSR count). The highest BCUT2D eigenvalue weighted by Crippen LogP contribution is 2.40. The normalized spacial score (nSPS) is 14.9. The highest BCUT2D eigenvalue weighted by molar-refractivity contribution is 5.80. The van der Waals surface area contributed by atoms with E-state index < -0.39 is 5.54 Å². The van der Waals surface area contributed by atoms with Crippen LogP contribution in [0, 0.1) is 0 Å². The van der Waals surface area contributed by atoms with E-state index in [2.05, 4.69) is 127 Å². The molecule has 1 N–H and O–H groups in total. The van der Waals surface area contributed by atoms with Crippen LogP contribution in [0.25, 0.3) is 22.5 Å². The average molecular weight is 645 g/mol. The van der Waals surface area contributed by atoms with Crippen LogP contribution < -0.4 is 5.43 Å². The molecule has 1 aliphatic rings. The topological polar surface area (TPSA) is 75.9 Å². The summed E-state index contributed by atoms with van der Waals surface area (Å²) in [6.45, 7) is 5.07. The molecule has 49 heavy (non-hydrogen) atoms. The highest BCUT2D eigenvalue weighted by Gasteiger charge is 2.41. The summed E-state index contributed by atoms with van der Waals surface area (Å²) in [5.41, 5.74) is 11.6. The number of unbranched alkanes of at least 4 members (excludes halogenated alkanes) is 1. The molecule has 0 saturated heterocycles. The van der Waals surface area contributed by atoms with Gasteiger partial charge in [-0.25, -0.2) is 5.01 Å². The molecule has 0 fully saturated rings. The third-order valence-electron chi connectivity index (χ3n) is 9.51. The first kappa shape index (κ1) is 31.9. The van der Waals surface area contributed by atoms with Gasteiger partial charge in [0.2, 0.25) is 5.82 Å². The summed E-state index contributed by atoms with van der Waals surface area (Å²) in [4.78, 5) is 13.8. The van der Waals surface area contributed by atoms with Crippen LogP contribution in [0.3, 0.4) is 0 Å². The van der Waals surface area contributed by atoms with Crippen LogP contribution in [0.5, 0.6) is 0 Å². The summed E-state index contributed by atoms with van der Waals surface area (Å²) in [5.74, 6) is 0.548. The molecule has 1 aliphatic heterocycles. The van der Waals surface area contributed by atoms with Gasteiger partial charge in [-0.3, -0.25) is 4.79 Å². The van der Waals surface area contributed by atoms with Crippen molar-refractivity contribution in [2.45, 2.75) is 44.7 Å². The van der Waals surface area contributed by atoms with Crippen LogP contribution >= 0.6 is 0 Å². The molecule has 2 heterocycles. The second-order valence-corrected chi connectivity index (χ2v) is 12.5. The second kappa shape index (κ2) is 14.2. The van der Waals surface area contributed by atoms with Gasteiger partial charge in [0.05, 0.1) is 6.04 Å². The molecule has 1 unspecified atom stereocenters. The van der Waals surface area contributed by atoms with Crippen LogP contribution in [0.2, 0.25) is 0 Å². The lowest BCUT2D eigenvalue weighted by molar-refractivity contribution is -0.105. The molecule has 0 amide bonds. The molecule has 7 nitrogen and oxygen atoms in total. The largest absolute Gasteiger partial charge is 0.322 e. The van der Waals surface area contributed by atoms with Crippen LogP contribution in [-0.2, 0) is 16.8 Å². The summed E-state index contributed by atoms with van der Waals surface area (Å²) in [5, 5.41) is 16.8. The van der Waals surface area contributed by atoms with Gasteiger partial charge in [0.1, 0.15) is 6.29 Å². The van der Waals surface area contributed by atoms with Crippen LogP contribution in [0.1, 0.15) is 48.9 Å². The fraction of sp³-hybridized carbons (Fsp3) is 0.190. The van der Waals surface area contributed by atoms with Crippen molar-refractivity contribution in [2.75, 3.05) is 6.54 Å². The standard InChI is InChI=1S/C42H40N6O/c1-3-4-28-47-40(39(30-49)31(2)44-47)29-32-24-26-33(27-25-32)37-22-14-15-23-38(37)41-43-46-48(45-41)42(34-16-8-5-9-17-34,35-18-10-6-11-19-35)36-20-12-7-13-21-36/h5-27,30,40,44H,3-4,28-29H2,1-2H3. The Morgan fingerprint density at radius 1 is 0.735 bits per heavy atom. The van der Waals surface area contributed by atoms with E-state index in [9.17, 15) is 4.79 Å². The first-order valence-corrected chi connectivity index (χ1v) is 17.0. The fourth-order valence-corrected chi connectivity index (χ4v) is 7.03. The van der Waals surface area contributed by atoms with Crippen molar-refractivity contribution in [2.24, 2.45) is 0 Å². The number of aldehydes is 1. The zero-order chi connectivity index (χ0) is 33.6. The van der Waals surface area contributed by atoms with Gasteiger partial charge in [0.15, 0.2) is 5.54 Å². The van der Waals surface area contributed by atoms with Crippen molar-refractivity contribution >= 4 is 6.29 Å². The minimum Gasteiger partial charge on any atom is -0.322 e. The molecule has 1 atom stereocenters. The zero-order valence-electron chi connectivity index (χ0n) is 27.9. The number of hydrogen-bond donors (Lipinski definition) is 1. The van der Waals surface area contributed by atoms with E-state index in [1.807, 2.05) is 37.3 Å². The molecule has 0 bridgehead atoms. The molecule has 0 radical (unpaired) electrons. The highest BCUT2D eigenvalue weighted by atomic mass is 16.1. The van der Waals surface area contributed by atoms with Crippen molar-refractivity contribution in [3.63, 3.8) is 0 Å². The summed E-state index contributed by atoms with van der Waals surface area (Å²) < 4.78 is 0. The smallest absolute Gasteiger partial charge is 0.205 e. The van der Waals surface area contributed by atoms with Gasteiger partial charge in [-0.05, 0) is 58.4 Å². The molecular formula is C42H40N6O. The zero-order valence-corrected chi connectivity index (χ0v) is 27.9. The number of aromatic nitrogens is 4. The Hall–Kier alpha value is -5.66. The first-order chi connectivity index (χ1) is 24.1. The molecule has 6 aromatic rings. The van der Waals surface area contributed by atoms with Gasteiger partial charge in [0, 0.05) is 23.4 Å². The van der Waals surface area contributed by atoms with Gasteiger partial charge in [-0.1, -0.05) is 153 Å². The molecule has 0 spiro atoms. The Morgan fingerprint density at radius 2 is 1.29 bits per heavy atom. The molecule has 1 aromatic heterocycles. The van der Waals surface area contributed by atoms with Crippen LogP contribution in [0.4, 0.5) is 0 Å². The lowest BCUT2D eigenvalue weighted by Crippen LogP contribution is -2.41. The Bertz CT molecular complexity index is 1940. The number of nitrogens with one attached hydrogen (secondary N) is 1. The Morgan fingerprint density at radius 3 is 1.84 bits per heavy atom. The Balaban J connectivity index is 1.26. The monoisotopic (exact) mass is 644 g/mol. The van der Waals surface area contributed by atoms with Crippen molar-refractivity contribution in [3.8, 4) is 22.5 Å². The van der Waals surface area contributed by atoms with Gasteiger partial charge in [0.25, 0.3) is 0 Å². The quantitative estimate of drug-likeness (QED) is 0.108. The van der Waals surface area contributed by atoms with E-state index >= 15 is 0 Å². The maximum Gasteiger partial charge on any atom is 0.205 e. The van der Waals surface area contributed by atoms with E-state index in [0.29, 0.717) is 5.82 Å². The number of benzene rings is 5. The number of rotatable bonds is 12. The fourth-order valence-electron chi connectivity index (χ4n) is 7.03. The second-order valence-electron chi connectivity index (χ2n) is 12.5. The molecule has 5 aromatic carbocycles. The summed E-state index contributed by atoms with van der Waals surface area (Å²) >= 11 is 0. The third-order valence-corrected chi connectivity index (χ3v) is 9.51. The van der Waals surface area contributed by atoms with Gasteiger partial charge in [-0.15, -0.1) is 15.0 Å². The van der Waals surface area contributed by atoms with Crippen molar-refractivity contribution in [3.05, 3.63) is 173 Å². The van der Waals surface area contributed by atoms with Crippen molar-refractivity contribution < 1.29 is 4.79 Å². The van der Waals surface area contributed by atoms with Gasteiger partial charge < -0.3 is 5.43 Å². The van der Waals surface area contributed by atoms with E-state index in [1.54, 1.807) is 4.80 Å². The van der Waals surface area contributed by atoms with Crippen molar-refractivity contribution in [1.29, 1.82) is 0 Å². The Labute approximate surface area is 287 Å². The summed E-state index contributed by atoms with van der Waals surface area (Å²) in [6.07, 6.45) is 3.93. The van der Waals surface area contributed by atoms with Crippen LogP contribution in [-0.4, -0.2) is 44.1 Å². The van der Waals surface area contributed by atoms with Crippen LogP contribution in [0.15, 0.2) is 151 Å². The minimum atomic E-state index is -0.848. The maximum atomic E-state index is 12.0. The van der Waals surface area contributed by atoms with E-state index in [4.69, 9.17) is 15.4 Å². The number of carbonyl (C=O) groups excluding carboxylic acids is 1. The number of tetrazole rings is 1. The molecule has 7 heteroatoms. The average Bonchev–Trinajstić information content (AvgIpc) is 3.77. The number of allylic oxidation sites excluding steroid dienone is 1. The number of nitrogens with zero attached hydrogens (tertiary/aromatic N) is 5. The Kier molecular flexibility index (Phi) is 9.26. The lowest BCUT2D eigenvalue weighted by atomic mass is 9.77. The van der Waals surface area contributed by atoms with E-state index in [-0.39, 0.29) is 6.04 Å². The number of carbonyl (C=O) groups is 1. The molecular weight excluding hydrogens is 605 g/mol. The predicted molar refractivity (Wildman–Crippen MR) is 194 cm³/mol. The van der Waals surface area contributed by atoms with E-state index in [1.165, 1.54) is 5.56 Å². The molecule has 244 valence electrons. The van der Waals surface area contributed by atoms with E-state index in [0.717, 1.165) is 76.7 Å². The summed E-state index contributed by atoms with van der Waals surface area (Å²) in [7, 11) is 0. The predicted octanol–water partition coefficient (Wildman–Crippen LogP) is 7.85. The summed E-state index contributed by atoms with van der Waals surface area (Å²) in [6, 6.07) is 48.0. The van der Waals surface area contributed by atoms with Gasteiger partial charge >= 0.3 is 0 Å². The molecule has 0 saturated carbocycles. The SMILES string of the molecule is CCCCN1NC(C)=C(C=O)C1Cc1ccc(-c2ccccc2-c2nnn(C(c3ccccc3)(c3ccccc3)c3ccccc3)n2)cc1. The number of hydrogen-bond acceptors (Lipinski definition) is 6. The minimum absolute atomic E-state index is 0.0144. The van der Waals surface area contributed by atoms with Crippen molar-refractivity contribution in [1.82, 2.24) is 30.6 Å². The van der Waals surface area contributed by atoms with Gasteiger partial charge in [-0.2, -0.15) is 0 Å².